The molecule has 1 N–H and O–H groups in total. The van der Waals surface area contributed by atoms with Gasteiger partial charge in [0.15, 0.2) is 5.69 Å². The lowest BCUT2D eigenvalue weighted by Gasteiger charge is -2.22. The van der Waals surface area contributed by atoms with Crippen LogP contribution in [0.2, 0.25) is 0 Å². The second-order valence-electron chi connectivity index (χ2n) is 4.05. The predicted molar refractivity (Wildman–Crippen MR) is 67.9 cm³/mol. The van der Waals surface area contributed by atoms with Crippen LogP contribution in [0, 0.1) is 0 Å². The van der Waals surface area contributed by atoms with Gasteiger partial charge >= 0.3 is 5.97 Å². The van der Waals surface area contributed by atoms with Crippen LogP contribution in [0.3, 0.4) is 0 Å². The van der Waals surface area contributed by atoms with Crippen molar-refractivity contribution < 1.29 is 13.7 Å². The fourth-order valence-electron chi connectivity index (χ4n) is 1.76. The van der Waals surface area contributed by atoms with Crippen LogP contribution in [0.15, 0.2) is 12.4 Å². The summed E-state index contributed by atoms with van der Waals surface area (Å²) in [6.07, 6.45) is 4.63. The lowest BCUT2D eigenvalue weighted by molar-refractivity contribution is 0.0593. The van der Waals surface area contributed by atoms with Crippen LogP contribution < -0.4 is 5.32 Å². The Balaban J connectivity index is 1.94. The van der Waals surface area contributed by atoms with E-state index in [2.05, 4.69) is 20.0 Å². The van der Waals surface area contributed by atoms with Gasteiger partial charge in [-0.05, 0) is 12.8 Å². The lowest BCUT2D eigenvalue weighted by Crippen LogP contribution is -2.29. The van der Waals surface area contributed by atoms with Gasteiger partial charge in [-0.1, -0.05) is 0 Å². The van der Waals surface area contributed by atoms with Crippen LogP contribution in [0.25, 0.3) is 0 Å². The summed E-state index contributed by atoms with van der Waals surface area (Å²) in [4.78, 5) is 19.3. The Bertz CT molecular complexity index is 439. The fourth-order valence-corrected chi connectivity index (χ4v) is 3.06. The number of methoxy groups -OCH3 is 1. The zero-order chi connectivity index (χ0) is 13.0. The van der Waals surface area contributed by atoms with Crippen molar-refractivity contribution in [2.75, 3.05) is 23.9 Å². The number of anilines is 1. The zero-order valence-electron chi connectivity index (χ0n) is 10.1. The fraction of sp³-hybridized carbons (Fsp3) is 0.545. The monoisotopic (exact) mass is 269 g/mol. The van der Waals surface area contributed by atoms with Crippen LogP contribution in [0.4, 0.5) is 5.82 Å². The number of hydrogen-bond acceptors (Lipinski definition) is 6. The van der Waals surface area contributed by atoms with Crippen LogP contribution in [0.1, 0.15) is 23.3 Å². The first-order valence-corrected chi connectivity index (χ1v) is 7.19. The zero-order valence-corrected chi connectivity index (χ0v) is 10.9. The number of rotatable bonds is 3. The second-order valence-corrected chi connectivity index (χ2v) is 5.74. The van der Waals surface area contributed by atoms with Gasteiger partial charge in [-0.15, -0.1) is 0 Å². The van der Waals surface area contributed by atoms with Gasteiger partial charge in [0, 0.05) is 28.3 Å². The van der Waals surface area contributed by atoms with Crippen molar-refractivity contribution in [2.45, 2.75) is 18.9 Å². The number of aromatic nitrogens is 2. The summed E-state index contributed by atoms with van der Waals surface area (Å²) in [5.41, 5.74) is 0.188. The molecule has 6 nitrogen and oxygen atoms in total. The molecule has 0 amide bonds. The third-order valence-corrected chi connectivity index (χ3v) is 4.17. The molecule has 1 aliphatic heterocycles. The number of nitrogens with zero attached hydrogens (tertiary/aromatic N) is 2. The van der Waals surface area contributed by atoms with Crippen molar-refractivity contribution >= 4 is 22.6 Å². The summed E-state index contributed by atoms with van der Waals surface area (Å²) >= 11 is 0. The van der Waals surface area contributed by atoms with Gasteiger partial charge in [0.2, 0.25) is 0 Å². The summed E-state index contributed by atoms with van der Waals surface area (Å²) in [5.74, 6) is 1.58. The third kappa shape index (κ3) is 3.25. The Kier molecular flexibility index (Phi) is 4.24. The smallest absolute Gasteiger partial charge is 0.358 e. The van der Waals surface area contributed by atoms with Crippen molar-refractivity contribution in [1.29, 1.82) is 0 Å². The molecule has 0 aromatic carbocycles. The van der Waals surface area contributed by atoms with Gasteiger partial charge in [0.05, 0.1) is 19.5 Å². The van der Waals surface area contributed by atoms with Gasteiger partial charge in [0.25, 0.3) is 0 Å². The average Bonchev–Trinajstić information content (AvgIpc) is 2.41. The Morgan fingerprint density at radius 1 is 1.39 bits per heavy atom. The van der Waals surface area contributed by atoms with Crippen molar-refractivity contribution in [3.05, 3.63) is 18.1 Å². The first-order valence-electron chi connectivity index (χ1n) is 5.71. The minimum Gasteiger partial charge on any atom is -0.464 e. The molecule has 0 unspecified atom stereocenters. The Labute approximate surface area is 108 Å². The maximum atomic E-state index is 11.2. The standard InChI is InChI=1S/C11H15N3O3S/c1-17-11(15)9-6-13-10(7-12-9)14-8-2-4-18(16)5-3-8/h6-8H,2-5H2,1H3,(H,13,14). The van der Waals surface area contributed by atoms with E-state index in [-0.39, 0.29) is 11.7 Å². The molecule has 0 saturated carbocycles. The van der Waals surface area contributed by atoms with Gasteiger partial charge in [0.1, 0.15) is 5.82 Å². The quantitative estimate of drug-likeness (QED) is 0.809. The highest BCUT2D eigenvalue weighted by atomic mass is 32.2. The van der Waals surface area contributed by atoms with E-state index in [0.29, 0.717) is 5.82 Å². The molecule has 1 aromatic rings. The number of nitrogens with one attached hydrogen (secondary N) is 1. The Morgan fingerprint density at radius 3 is 2.67 bits per heavy atom. The highest BCUT2D eigenvalue weighted by Crippen LogP contribution is 2.14. The van der Waals surface area contributed by atoms with Crippen molar-refractivity contribution in [3.8, 4) is 0 Å². The Morgan fingerprint density at radius 2 is 2.11 bits per heavy atom. The molecule has 1 aliphatic rings. The molecule has 1 aromatic heterocycles. The third-order valence-electron chi connectivity index (χ3n) is 2.79. The molecule has 2 heterocycles. The summed E-state index contributed by atoms with van der Waals surface area (Å²) in [5, 5.41) is 3.23. The topological polar surface area (TPSA) is 81.2 Å². The molecule has 1 saturated heterocycles. The predicted octanol–water partition coefficient (Wildman–Crippen LogP) is 0.586. The number of carbonyl (C=O) groups is 1. The summed E-state index contributed by atoms with van der Waals surface area (Å²) in [7, 11) is 0.637. The second kappa shape index (κ2) is 5.90. The molecule has 0 bridgehead atoms. The summed E-state index contributed by atoms with van der Waals surface area (Å²) < 4.78 is 15.8. The SMILES string of the molecule is COC(=O)c1cnc(NC2CCS(=O)CC2)cn1. The van der Waals surface area contributed by atoms with E-state index in [1.165, 1.54) is 19.5 Å². The maximum Gasteiger partial charge on any atom is 0.358 e. The number of carbonyl (C=O) groups excluding carboxylic acids is 1. The normalized spacial score (nSPS) is 23.4. The van der Waals surface area contributed by atoms with Crippen molar-refractivity contribution in [3.63, 3.8) is 0 Å². The Hall–Kier alpha value is -1.50. The van der Waals surface area contributed by atoms with Crippen LogP contribution in [-0.2, 0) is 15.5 Å². The molecule has 0 atom stereocenters. The summed E-state index contributed by atoms with van der Waals surface area (Å²) in [6.45, 7) is 0. The first kappa shape index (κ1) is 12.9. The van der Waals surface area contributed by atoms with Crippen molar-refractivity contribution in [2.24, 2.45) is 0 Å². The molecule has 98 valence electrons. The molecule has 1 fully saturated rings. The highest BCUT2D eigenvalue weighted by Gasteiger charge is 2.18. The minimum absolute atomic E-state index is 0.188. The molecular formula is C11H15N3O3S. The molecule has 2 rings (SSSR count). The number of hydrogen-bond donors (Lipinski definition) is 1. The van der Waals surface area contributed by atoms with Gasteiger partial charge in [-0.2, -0.15) is 0 Å². The van der Waals surface area contributed by atoms with E-state index >= 15 is 0 Å². The molecule has 18 heavy (non-hydrogen) atoms. The lowest BCUT2D eigenvalue weighted by atomic mass is 10.1. The van der Waals surface area contributed by atoms with Crippen molar-refractivity contribution in [1.82, 2.24) is 9.97 Å². The van der Waals surface area contributed by atoms with Gasteiger partial charge in [-0.3, -0.25) is 4.21 Å². The van der Waals surface area contributed by atoms with Gasteiger partial charge in [-0.25, -0.2) is 14.8 Å². The van der Waals surface area contributed by atoms with E-state index < -0.39 is 16.8 Å². The molecular weight excluding hydrogens is 254 g/mol. The molecule has 0 radical (unpaired) electrons. The molecule has 0 aliphatic carbocycles. The number of ether oxygens (including phenoxy) is 1. The van der Waals surface area contributed by atoms with Crippen LogP contribution in [-0.4, -0.2) is 44.8 Å². The molecule has 0 spiro atoms. The van der Waals surface area contributed by atoms with E-state index in [1.54, 1.807) is 0 Å². The van der Waals surface area contributed by atoms with Crippen LogP contribution >= 0.6 is 0 Å². The van der Waals surface area contributed by atoms with E-state index in [1.807, 2.05) is 0 Å². The summed E-state index contributed by atoms with van der Waals surface area (Å²) in [6, 6.07) is 0.279. The van der Waals surface area contributed by atoms with E-state index in [9.17, 15) is 9.00 Å². The minimum atomic E-state index is -0.667. The maximum absolute atomic E-state index is 11.2. The molecule has 7 heteroatoms. The van der Waals surface area contributed by atoms with Crippen LogP contribution in [0.5, 0.6) is 0 Å². The first-order chi connectivity index (χ1) is 8.69. The average molecular weight is 269 g/mol. The number of esters is 1. The van der Waals surface area contributed by atoms with E-state index in [4.69, 9.17) is 0 Å². The van der Waals surface area contributed by atoms with E-state index in [0.717, 1.165) is 24.3 Å². The van der Waals surface area contributed by atoms with Gasteiger partial charge < -0.3 is 10.1 Å². The largest absolute Gasteiger partial charge is 0.464 e. The highest BCUT2D eigenvalue weighted by molar-refractivity contribution is 7.85.